The molecule has 5 nitrogen and oxygen atoms in total. The Hall–Kier alpha value is 1.90. The van der Waals surface area contributed by atoms with Gasteiger partial charge in [0.05, 0.1) is 0 Å². The molecule has 211 valence electrons. The molecule has 36 heavy (non-hydrogen) atoms. The average Bonchev–Trinajstić information content (AvgIpc) is 2.62. The zero-order chi connectivity index (χ0) is 28.6. The van der Waals surface area contributed by atoms with Crippen LogP contribution in [0.5, 0.6) is 0 Å². The molecule has 0 spiro atoms. The Balaban J connectivity index is 6.81. The van der Waals surface area contributed by atoms with Crippen LogP contribution >= 0.6 is 22.2 Å². The van der Waals surface area contributed by atoms with Gasteiger partial charge in [-0.2, -0.15) is 0 Å². The molecule has 1 atom stereocenters. The summed E-state index contributed by atoms with van der Waals surface area (Å²) in [4.78, 5) is 0. The van der Waals surface area contributed by atoms with Crippen LogP contribution in [0.3, 0.4) is 0 Å². The fraction of sp³-hybridized carbons (Fsp3) is 1.00. The lowest BCUT2D eigenvalue weighted by molar-refractivity contribution is -0.334. The van der Waals surface area contributed by atoms with Crippen LogP contribution in [0, 0.1) is 0 Å². The summed E-state index contributed by atoms with van der Waals surface area (Å²) in [5, 5.41) is -0.705. The Kier molecular flexibility index (Phi) is 16.6. The molecular weight excluding hydrogens is 612 g/mol. The molecule has 0 fully saturated rings. The minimum Gasteiger partial charge on any atom is -0.417 e. The van der Waals surface area contributed by atoms with Gasteiger partial charge >= 0.3 is 0 Å². The monoisotopic (exact) mass is 661 g/mol. The Bertz CT molecular complexity index is 607. The third-order valence-electron chi connectivity index (χ3n) is 5.08. The molecule has 0 heterocycles. The predicted molar refractivity (Wildman–Crippen MR) is 170 cm³/mol. The van der Waals surface area contributed by atoms with Crippen molar-refractivity contribution in [2.75, 3.05) is 6.61 Å². The number of hydrogen-bond donors (Lipinski definition) is 0. The second kappa shape index (κ2) is 15.8. The first kappa shape index (κ1) is 37.9. The fourth-order valence-corrected chi connectivity index (χ4v) is 11.0. The Morgan fingerprint density at radius 2 is 1.11 bits per heavy atom. The van der Waals surface area contributed by atoms with Gasteiger partial charge in [0.25, 0.3) is 0 Å². The molecule has 7 radical (unpaired) electrons. The van der Waals surface area contributed by atoms with E-state index in [1.54, 1.807) is 0 Å². The van der Waals surface area contributed by atoms with Gasteiger partial charge in [0.1, 0.15) is 0 Å². The van der Waals surface area contributed by atoms with Crippen LogP contribution in [0.1, 0.15) is 32.6 Å². The SMILES string of the molecule is C[Si](C)OC(CCCCC[Si](C)(Cl)Cl)(O[Si](C)C)C(O[Si](C)C)(O[Si](C)C)C(C)([Si])CO[Si](C)(C)C. The van der Waals surface area contributed by atoms with Crippen molar-refractivity contribution in [1.82, 2.24) is 0 Å². The van der Waals surface area contributed by atoms with Gasteiger partial charge in [-0.3, -0.25) is 0 Å². The topological polar surface area (TPSA) is 46.2 Å². The normalized spacial score (nSPS) is 16.0. The van der Waals surface area contributed by atoms with Crippen molar-refractivity contribution < 1.29 is 22.1 Å². The molecule has 0 aromatic heterocycles. The van der Waals surface area contributed by atoms with E-state index >= 15 is 0 Å². The first-order valence-electron chi connectivity index (χ1n) is 12.8. The summed E-state index contributed by atoms with van der Waals surface area (Å²) in [6, 6.07) is 0.879. The zero-order valence-electron chi connectivity index (χ0n) is 25.0. The van der Waals surface area contributed by atoms with E-state index in [1.807, 2.05) is 6.55 Å². The molecule has 0 bridgehead atoms. The highest BCUT2D eigenvalue weighted by Gasteiger charge is 2.65. The summed E-state index contributed by atoms with van der Waals surface area (Å²) in [6.07, 6.45) is 3.55. The van der Waals surface area contributed by atoms with E-state index in [-0.39, 0.29) is 0 Å². The van der Waals surface area contributed by atoms with E-state index in [2.05, 4.69) is 89.2 Å². The molecule has 0 saturated carbocycles. The van der Waals surface area contributed by atoms with Crippen molar-refractivity contribution in [2.24, 2.45) is 0 Å². The molecule has 0 aliphatic rings. The third kappa shape index (κ3) is 13.5. The quantitative estimate of drug-likeness (QED) is 0.0613. The first-order chi connectivity index (χ1) is 16.1. The number of hydrogen-bond acceptors (Lipinski definition) is 5. The molecule has 0 saturated heterocycles. The van der Waals surface area contributed by atoms with Gasteiger partial charge in [-0.25, -0.2) is 0 Å². The third-order valence-corrected chi connectivity index (χ3v) is 11.8. The van der Waals surface area contributed by atoms with Crippen molar-refractivity contribution in [3.63, 3.8) is 0 Å². The van der Waals surface area contributed by atoms with Crippen LogP contribution in [0.25, 0.3) is 0 Å². The van der Waals surface area contributed by atoms with E-state index in [0.717, 1.165) is 25.3 Å². The van der Waals surface area contributed by atoms with Gasteiger partial charge in [-0.05, 0) is 91.0 Å². The van der Waals surface area contributed by atoms with Crippen molar-refractivity contribution in [3.05, 3.63) is 0 Å². The first-order valence-corrected chi connectivity index (χ1v) is 31.1. The van der Waals surface area contributed by atoms with Gasteiger partial charge < -0.3 is 22.1 Å². The van der Waals surface area contributed by atoms with Crippen LogP contribution in [0.4, 0.5) is 0 Å². The highest BCUT2D eigenvalue weighted by atomic mass is 35.7. The van der Waals surface area contributed by atoms with Crippen molar-refractivity contribution in [3.8, 4) is 0 Å². The second-order valence-corrected chi connectivity index (χ2v) is 33.7. The van der Waals surface area contributed by atoms with Crippen LogP contribution in [0.2, 0.25) is 89.6 Å². The summed E-state index contributed by atoms with van der Waals surface area (Å²) < 4.78 is 34.4. The van der Waals surface area contributed by atoms with Gasteiger partial charge in [0.15, 0.2) is 8.32 Å². The van der Waals surface area contributed by atoms with Crippen LogP contribution in [-0.4, -0.2) is 79.6 Å². The predicted octanol–water partition coefficient (Wildman–Crippen LogP) is 7.76. The Labute approximate surface area is 244 Å². The summed E-state index contributed by atoms with van der Waals surface area (Å²) in [5.41, 5.74) is 0. The van der Waals surface area contributed by atoms with Crippen LogP contribution in [-0.2, 0) is 22.1 Å². The maximum absolute atomic E-state index is 7.00. The number of halogens is 2. The Morgan fingerprint density at radius 1 is 0.694 bits per heavy atom. The maximum atomic E-state index is 7.00. The molecule has 0 rings (SSSR count). The van der Waals surface area contributed by atoms with Crippen LogP contribution in [0.15, 0.2) is 0 Å². The van der Waals surface area contributed by atoms with Crippen molar-refractivity contribution in [2.45, 2.75) is 134 Å². The Morgan fingerprint density at radius 3 is 1.44 bits per heavy atom. The van der Waals surface area contributed by atoms with Crippen molar-refractivity contribution >= 4 is 83.6 Å². The van der Waals surface area contributed by atoms with E-state index in [0.29, 0.717) is 13.0 Å². The van der Waals surface area contributed by atoms with Gasteiger partial charge in [0.2, 0.25) is 54.4 Å². The maximum Gasteiger partial charge on any atom is 0.248 e. The molecule has 0 aromatic rings. The van der Waals surface area contributed by atoms with Crippen LogP contribution < -0.4 is 0 Å². The van der Waals surface area contributed by atoms with Gasteiger partial charge in [-0.15, -0.1) is 22.2 Å². The summed E-state index contributed by atoms with van der Waals surface area (Å²) in [5.74, 6) is -2.23. The number of rotatable bonds is 19. The van der Waals surface area contributed by atoms with E-state index in [4.69, 9.17) is 44.3 Å². The summed E-state index contributed by atoms with van der Waals surface area (Å²) >= 11 is 12.7. The summed E-state index contributed by atoms with van der Waals surface area (Å²) in [6.45, 7) is 26.2. The highest BCUT2D eigenvalue weighted by molar-refractivity contribution is 7.44. The lowest BCUT2D eigenvalue weighted by atomic mass is 9.88. The molecule has 0 aliphatic carbocycles. The molecular formula is C22H51Cl2O5Si7. The smallest absolute Gasteiger partial charge is 0.248 e. The van der Waals surface area contributed by atoms with E-state index in [9.17, 15) is 0 Å². The van der Waals surface area contributed by atoms with Gasteiger partial charge in [0, 0.05) is 28.3 Å². The minimum atomic E-state index is -2.11. The largest absolute Gasteiger partial charge is 0.417 e. The molecule has 0 aliphatic heterocycles. The molecule has 1 unspecified atom stereocenters. The van der Waals surface area contributed by atoms with Crippen molar-refractivity contribution in [1.29, 1.82) is 0 Å². The average molecular weight is 663 g/mol. The highest BCUT2D eigenvalue weighted by Crippen LogP contribution is 2.53. The lowest BCUT2D eigenvalue weighted by Gasteiger charge is -2.59. The molecule has 0 amide bonds. The number of unbranched alkanes of at least 4 members (excludes halogenated alkanes) is 2. The lowest BCUT2D eigenvalue weighted by Crippen LogP contribution is -2.71. The molecule has 0 N–H and O–H groups in total. The van der Waals surface area contributed by atoms with Gasteiger partial charge in [-0.1, -0.05) is 19.8 Å². The molecule has 0 aromatic carbocycles. The fourth-order valence-electron chi connectivity index (χ4n) is 3.90. The van der Waals surface area contributed by atoms with E-state index < -0.39 is 67.8 Å². The zero-order valence-corrected chi connectivity index (χ0v) is 33.6. The molecule has 14 heteroatoms. The second-order valence-electron chi connectivity index (χ2n) is 11.8. The standard InChI is InChI=1S/C22H51Cl2O5Si7/c1-20(30,19-25-35(10,11)12)22(28-33(6)7,29-34(8)9)21(26-31(2)3,27-32(4)5)17-15-14-16-18-36(13,23)24/h14-19H2,1-13H3. The minimum absolute atomic E-state index is 0.436. The van der Waals surface area contributed by atoms with E-state index in [1.165, 1.54) is 0 Å². The summed E-state index contributed by atoms with van der Waals surface area (Å²) in [7, 11) is -2.49.